The molecule has 5 heteroatoms. The van der Waals surface area contributed by atoms with Crippen LogP contribution in [-0.4, -0.2) is 31.6 Å². The van der Waals surface area contributed by atoms with Crippen molar-refractivity contribution in [3.8, 4) is 22.6 Å². The van der Waals surface area contributed by atoms with Crippen molar-refractivity contribution in [3.63, 3.8) is 0 Å². The summed E-state index contributed by atoms with van der Waals surface area (Å²) >= 11 is 0. The van der Waals surface area contributed by atoms with E-state index in [1.807, 2.05) is 43.3 Å². The van der Waals surface area contributed by atoms with E-state index in [9.17, 15) is 9.59 Å². The van der Waals surface area contributed by atoms with Gasteiger partial charge in [0.1, 0.15) is 18.1 Å². The maximum atomic E-state index is 12.7. The molecule has 0 aliphatic rings. The second-order valence-corrected chi connectivity index (χ2v) is 9.34. The summed E-state index contributed by atoms with van der Waals surface area (Å²) in [7, 11) is 0. The lowest BCUT2D eigenvalue weighted by molar-refractivity contribution is 0.0734. The number of rotatable bonds is 16. The molecule has 0 aliphatic carbocycles. The molecular formula is C33H38O5. The van der Waals surface area contributed by atoms with E-state index >= 15 is 0 Å². The van der Waals surface area contributed by atoms with Crippen LogP contribution in [0.3, 0.4) is 0 Å². The summed E-state index contributed by atoms with van der Waals surface area (Å²) in [6.07, 6.45) is 7.23. The van der Waals surface area contributed by atoms with Crippen molar-refractivity contribution in [2.75, 3.05) is 19.8 Å². The molecule has 0 fully saturated rings. The Bertz CT molecular complexity index is 1150. The SMILES string of the molecule is C=CCOCCOc1ccc(-c2ccc(C(=O)Oc3ccc(C(=O)C(C)CCCCCC)cc3)cc2)cc1. The first-order valence-corrected chi connectivity index (χ1v) is 13.4. The van der Waals surface area contributed by atoms with Crippen LogP contribution in [0.1, 0.15) is 66.7 Å². The Morgan fingerprint density at radius 2 is 1.39 bits per heavy atom. The lowest BCUT2D eigenvalue weighted by Gasteiger charge is -2.11. The molecule has 0 spiro atoms. The first kappa shape index (κ1) is 28.9. The second-order valence-electron chi connectivity index (χ2n) is 9.34. The van der Waals surface area contributed by atoms with E-state index in [4.69, 9.17) is 14.2 Å². The van der Waals surface area contributed by atoms with E-state index in [0.717, 1.165) is 29.7 Å². The highest BCUT2D eigenvalue weighted by atomic mass is 16.5. The lowest BCUT2D eigenvalue weighted by atomic mass is 9.94. The summed E-state index contributed by atoms with van der Waals surface area (Å²) in [4.78, 5) is 25.3. The van der Waals surface area contributed by atoms with Crippen LogP contribution in [0.4, 0.5) is 0 Å². The van der Waals surface area contributed by atoms with Gasteiger partial charge in [0.15, 0.2) is 5.78 Å². The molecule has 1 atom stereocenters. The van der Waals surface area contributed by atoms with E-state index in [0.29, 0.717) is 36.7 Å². The zero-order valence-electron chi connectivity index (χ0n) is 22.5. The van der Waals surface area contributed by atoms with Crippen molar-refractivity contribution in [1.29, 1.82) is 0 Å². The molecule has 200 valence electrons. The van der Waals surface area contributed by atoms with Crippen molar-refractivity contribution in [3.05, 3.63) is 96.6 Å². The van der Waals surface area contributed by atoms with E-state index in [1.54, 1.807) is 42.5 Å². The predicted octanol–water partition coefficient (Wildman–Crippen LogP) is 7.94. The Labute approximate surface area is 226 Å². The van der Waals surface area contributed by atoms with Crippen molar-refractivity contribution in [1.82, 2.24) is 0 Å². The highest BCUT2D eigenvalue weighted by molar-refractivity contribution is 5.98. The molecule has 1 unspecified atom stereocenters. The Kier molecular flexibility index (Phi) is 11.8. The number of carbonyl (C=O) groups is 2. The third-order valence-electron chi connectivity index (χ3n) is 6.33. The highest BCUT2D eigenvalue weighted by Crippen LogP contribution is 2.24. The van der Waals surface area contributed by atoms with Crippen molar-refractivity contribution >= 4 is 11.8 Å². The topological polar surface area (TPSA) is 61.8 Å². The molecule has 0 amide bonds. The Balaban J connectivity index is 1.50. The predicted molar refractivity (Wildman–Crippen MR) is 152 cm³/mol. The molecule has 0 bridgehead atoms. The molecule has 0 aliphatic heterocycles. The number of benzene rings is 3. The highest BCUT2D eigenvalue weighted by Gasteiger charge is 2.16. The first-order valence-electron chi connectivity index (χ1n) is 13.4. The molecule has 0 saturated carbocycles. The van der Waals surface area contributed by atoms with Gasteiger partial charge < -0.3 is 14.2 Å². The molecule has 3 aromatic rings. The average molecular weight is 515 g/mol. The van der Waals surface area contributed by atoms with Crippen LogP contribution in [0, 0.1) is 5.92 Å². The van der Waals surface area contributed by atoms with Crippen LogP contribution in [0.5, 0.6) is 11.5 Å². The minimum absolute atomic E-state index is 0.00973. The molecule has 3 aromatic carbocycles. The van der Waals surface area contributed by atoms with Crippen molar-refractivity contribution < 1.29 is 23.8 Å². The minimum Gasteiger partial charge on any atom is -0.491 e. The van der Waals surface area contributed by atoms with Gasteiger partial charge in [-0.25, -0.2) is 4.79 Å². The van der Waals surface area contributed by atoms with Gasteiger partial charge in [-0.3, -0.25) is 4.79 Å². The van der Waals surface area contributed by atoms with Gasteiger partial charge in [0.2, 0.25) is 0 Å². The average Bonchev–Trinajstić information content (AvgIpc) is 2.95. The zero-order valence-corrected chi connectivity index (χ0v) is 22.5. The number of hydrogen-bond donors (Lipinski definition) is 0. The van der Waals surface area contributed by atoms with Crippen molar-refractivity contribution in [2.45, 2.75) is 46.0 Å². The van der Waals surface area contributed by atoms with Crippen LogP contribution >= 0.6 is 0 Å². The monoisotopic (exact) mass is 514 g/mol. The number of carbonyl (C=O) groups excluding carboxylic acids is 2. The van der Waals surface area contributed by atoms with Crippen molar-refractivity contribution in [2.24, 2.45) is 5.92 Å². The van der Waals surface area contributed by atoms with E-state index in [2.05, 4.69) is 13.5 Å². The summed E-state index contributed by atoms with van der Waals surface area (Å²) < 4.78 is 16.5. The summed E-state index contributed by atoms with van der Waals surface area (Å²) in [5.74, 6) is 0.862. The Hall–Kier alpha value is -3.70. The number of Topliss-reactive ketones (excluding diaryl/α,β-unsaturated/α-hetero) is 1. The quantitative estimate of drug-likeness (QED) is 0.0638. The van der Waals surface area contributed by atoms with E-state index in [-0.39, 0.29) is 11.7 Å². The van der Waals surface area contributed by atoms with E-state index in [1.165, 1.54) is 19.3 Å². The molecule has 0 aromatic heterocycles. The summed E-state index contributed by atoms with van der Waals surface area (Å²) in [5, 5.41) is 0. The normalized spacial score (nSPS) is 11.5. The van der Waals surface area contributed by atoms with Gasteiger partial charge in [-0.1, -0.05) is 69.9 Å². The van der Waals surface area contributed by atoms with Gasteiger partial charge in [0.25, 0.3) is 0 Å². The first-order chi connectivity index (χ1) is 18.5. The maximum Gasteiger partial charge on any atom is 0.343 e. The lowest BCUT2D eigenvalue weighted by Crippen LogP contribution is -2.12. The van der Waals surface area contributed by atoms with E-state index < -0.39 is 5.97 Å². The molecule has 0 saturated heterocycles. The zero-order chi connectivity index (χ0) is 27.2. The fourth-order valence-corrected chi connectivity index (χ4v) is 4.07. The fraction of sp³-hybridized carbons (Fsp3) is 0.333. The molecular weight excluding hydrogens is 476 g/mol. The molecule has 0 N–H and O–H groups in total. The smallest absolute Gasteiger partial charge is 0.343 e. The molecule has 38 heavy (non-hydrogen) atoms. The van der Waals surface area contributed by atoms with Gasteiger partial charge in [0.05, 0.1) is 18.8 Å². The van der Waals surface area contributed by atoms with Crippen LogP contribution in [0.25, 0.3) is 11.1 Å². The standard InChI is InChI=1S/C33H38O5/c1-4-6-7-8-9-25(3)32(34)28-16-20-31(21-17-28)38-33(35)29-12-10-26(11-13-29)27-14-18-30(19-15-27)37-24-23-36-22-5-2/h5,10-21,25H,2,4,6-9,22-24H2,1,3H3. The van der Waals surface area contributed by atoms with Crippen LogP contribution in [-0.2, 0) is 4.74 Å². The maximum absolute atomic E-state index is 12.7. The van der Waals surface area contributed by atoms with Gasteiger partial charge in [-0.15, -0.1) is 6.58 Å². The third-order valence-corrected chi connectivity index (χ3v) is 6.33. The number of hydrogen-bond acceptors (Lipinski definition) is 5. The largest absolute Gasteiger partial charge is 0.491 e. The molecule has 0 radical (unpaired) electrons. The van der Waals surface area contributed by atoms with Gasteiger partial charge >= 0.3 is 5.97 Å². The van der Waals surface area contributed by atoms with Gasteiger partial charge in [-0.2, -0.15) is 0 Å². The van der Waals surface area contributed by atoms with Gasteiger partial charge in [-0.05, 0) is 66.1 Å². The Morgan fingerprint density at radius 1 is 0.789 bits per heavy atom. The fourth-order valence-electron chi connectivity index (χ4n) is 4.07. The second kappa shape index (κ2) is 15.5. The molecule has 5 nitrogen and oxygen atoms in total. The third kappa shape index (κ3) is 9.00. The Morgan fingerprint density at radius 3 is 2.03 bits per heavy atom. The number of esters is 1. The van der Waals surface area contributed by atoms with Crippen LogP contribution < -0.4 is 9.47 Å². The number of ketones is 1. The number of ether oxygens (including phenoxy) is 3. The summed E-state index contributed by atoms with van der Waals surface area (Å²) in [5.41, 5.74) is 3.10. The van der Waals surface area contributed by atoms with Crippen LogP contribution in [0.2, 0.25) is 0 Å². The van der Waals surface area contributed by atoms with Crippen LogP contribution in [0.15, 0.2) is 85.5 Å². The van der Waals surface area contributed by atoms with Gasteiger partial charge in [0, 0.05) is 11.5 Å². The molecule has 0 heterocycles. The minimum atomic E-state index is -0.442. The molecule has 3 rings (SSSR count). The summed E-state index contributed by atoms with van der Waals surface area (Å²) in [6.45, 7) is 9.26. The number of unbranched alkanes of at least 4 members (excludes halogenated alkanes) is 3. The summed E-state index contributed by atoms with van der Waals surface area (Å²) in [6, 6.07) is 21.9.